The molecule has 100 valence electrons. The zero-order valence-electron chi connectivity index (χ0n) is 11.6. The van der Waals surface area contributed by atoms with Gasteiger partial charge in [-0.15, -0.1) is 0 Å². The third kappa shape index (κ3) is 2.65. The maximum atomic E-state index is 12.0. The van der Waals surface area contributed by atoms with Gasteiger partial charge in [0.1, 0.15) is 0 Å². The number of carbonyl (C=O) groups excluding carboxylic acids is 1. The van der Waals surface area contributed by atoms with Gasteiger partial charge in [0.25, 0.3) is 0 Å². The molecule has 3 nitrogen and oxygen atoms in total. The zero-order chi connectivity index (χ0) is 13.1. The molecular weight excluding hydrogens is 216 g/mol. The molecule has 0 spiro atoms. The Morgan fingerprint density at radius 1 is 1.35 bits per heavy atom. The van der Waals surface area contributed by atoms with E-state index in [1.54, 1.807) is 0 Å². The molecule has 0 heterocycles. The number of carbonyl (C=O) groups is 1. The van der Waals surface area contributed by atoms with E-state index >= 15 is 0 Å². The smallest absolute Gasteiger partial charge is 0.311 e. The first-order valence-electron chi connectivity index (χ1n) is 6.78. The number of hydrogen-bond donors (Lipinski definition) is 1. The summed E-state index contributed by atoms with van der Waals surface area (Å²) < 4.78 is 5.13. The lowest BCUT2D eigenvalue weighted by Crippen LogP contribution is -2.50. The predicted molar refractivity (Wildman–Crippen MR) is 67.6 cm³/mol. The Bertz CT molecular complexity index is 273. The summed E-state index contributed by atoms with van der Waals surface area (Å²) in [6, 6.07) is 0. The first-order chi connectivity index (χ1) is 7.89. The lowest BCUT2D eigenvalue weighted by atomic mass is 9.69. The van der Waals surface area contributed by atoms with E-state index in [0.29, 0.717) is 19.4 Å². The van der Waals surface area contributed by atoms with Gasteiger partial charge in [-0.1, -0.05) is 27.2 Å². The predicted octanol–water partition coefficient (Wildman–Crippen LogP) is 2.91. The number of ether oxygens (including phenoxy) is 1. The molecule has 0 saturated heterocycles. The maximum absolute atomic E-state index is 12.0. The van der Waals surface area contributed by atoms with E-state index in [1.165, 1.54) is 0 Å². The summed E-state index contributed by atoms with van der Waals surface area (Å²) in [5.41, 5.74) is -1.09. The standard InChI is InChI=1S/C14H26O3/c1-5-8-11(12(15)17-6-2)14(16)10-7-9-13(14,3)4/h11,16H,5-10H2,1-4H3. The Morgan fingerprint density at radius 3 is 2.41 bits per heavy atom. The van der Waals surface area contributed by atoms with Crippen LogP contribution in [0, 0.1) is 11.3 Å². The molecule has 0 aromatic carbocycles. The molecule has 0 amide bonds. The fourth-order valence-corrected chi connectivity index (χ4v) is 3.08. The molecule has 1 rings (SSSR count). The van der Waals surface area contributed by atoms with Gasteiger partial charge in [-0.05, 0) is 38.0 Å². The van der Waals surface area contributed by atoms with E-state index in [2.05, 4.69) is 13.8 Å². The summed E-state index contributed by atoms with van der Waals surface area (Å²) >= 11 is 0. The molecule has 1 saturated carbocycles. The molecule has 3 heteroatoms. The third-order valence-electron chi connectivity index (χ3n) is 4.26. The van der Waals surface area contributed by atoms with E-state index in [1.807, 2.05) is 13.8 Å². The number of rotatable bonds is 5. The highest BCUT2D eigenvalue weighted by atomic mass is 16.5. The first kappa shape index (κ1) is 14.5. The molecule has 17 heavy (non-hydrogen) atoms. The third-order valence-corrected chi connectivity index (χ3v) is 4.26. The molecular formula is C14H26O3. The van der Waals surface area contributed by atoms with Gasteiger partial charge in [-0.2, -0.15) is 0 Å². The van der Waals surface area contributed by atoms with Crippen molar-refractivity contribution in [1.29, 1.82) is 0 Å². The van der Waals surface area contributed by atoms with Crippen molar-refractivity contribution in [3.8, 4) is 0 Å². The zero-order valence-corrected chi connectivity index (χ0v) is 11.6. The van der Waals surface area contributed by atoms with Crippen molar-refractivity contribution in [2.75, 3.05) is 6.61 Å². The van der Waals surface area contributed by atoms with Gasteiger partial charge in [0.15, 0.2) is 0 Å². The minimum Gasteiger partial charge on any atom is -0.466 e. The average molecular weight is 242 g/mol. The topological polar surface area (TPSA) is 46.5 Å². The van der Waals surface area contributed by atoms with Crippen LogP contribution in [0.15, 0.2) is 0 Å². The van der Waals surface area contributed by atoms with Gasteiger partial charge in [0.05, 0.1) is 18.1 Å². The van der Waals surface area contributed by atoms with Crippen molar-refractivity contribution >= 4 is 5.97 Å². The number of aliphatic hydroxyl groups is 1. The summed E-state index contributed by atoms with van der Waals surface area (Å²) in [6.07, 6.45) is 4.27. The van der Waals surface area contributed by atoms with Crippen molar-refractivity contribution in [3.05, 3.63) is 0 Å². The molecule has 2 unspecified atom stereocenters. The molecule has 1 aliphatic rings. The monoisotopic (exact) mass is 242 g/mol. The van der Waals surface area contributed by atoms with Crippen LogP contribution in [0.4, 0.5) is 0 Å². The lowest BCUT2D eigenvalue weighted by Gasteiger charge is -2.41. The van der Waals surface area contributed by atoms with Crippen molar-refractivity contribution in [1.82, 2.24) is 0 Å². The Hall–Kier alpha value is -0.570. The van der Waals surface area contributed by atoms with Crippen LogP contribution in [0.1, 0.15) is 59.8 Å². The van der Waals surface area contributed by atoms with Crippen molar-refractivity contribution < 1.29 is 14.6 Å². The summed E-state index contributed by atoms with van der Waals surface area (Å²) in [6.45, 7) is 8.35. The molecule has 0 bridgehead atoms. The van der Waals surface area contributed by atoms with Crippen LogP contribution in [-0.4, -0.2) is 23.3 Å². The van der Waals surface area contributed by atoms with E-state index in [9.17, 15) is 9.90 Å². The van der Waals surface area contributed by atoms with E-state index in [4.69, 9.17) is 4.74 Å². The molecule has 0 aliphatic heterocycles. The molecule has 1 fully saturated rings. The van der Waals surface area contributed by atoms with Crippen LogP contribution < -0.4 is 0 Å². The van der Waals surface area contributed by atoms with Crippen LogP contribution in [0.3, 0.4) is 0 Å². The molecule has 2 atom stereocenters. The molecule has 0 radical (unpaired) electrons. The van der Waals surface area contributed by atoms with Gasteiger partial charge in [0, 0.05) is 0 Å². The van der Waals surface area contributed by atoms with Gasteiger partial charge >= 0.3 is 5.97 Å². The van der Waals surface area contributed by atoms with Gasteiger partial charge < -0.3 is 9.84 Å². The van der Waals surface area contributed by atoms with Crippen molar-refractivity contribution in [3.63, 3.8) is 0 Å². The average Bonchev–Trinajstić information content (AvgIpc) is 2.51. The Morgan fingerprint density at radius 2 is 2.00 bits per heavy atom. The van der Waals surface area contributed by atoms with Crippen LogP contribution in [0.5, 0.6) is 0 Å². The fourth-order valence-electron chi connectivity index (χ4n) is 3.08. The summed E-state index contributed by atoms with van der Waals surface area (Å²) in [7, 11) is 0. The Labute approximate surface area is 105 Å². The van der Waals surface area contributed by atoms with Crippen LogP contribution in [0.2, 0.25) is 0 Å². The minimum absolute atomic E-state index is 0.195. The maximum Gasteiger partial charge on any atom is 0.311 e. The first-order valence-corrected chi connectivity index (χ1v) is 6.78. The van der Waals surface area contributed by atoms with Crippen LogP contribution in [0.25, 0.3) is 0 Å². The fraction of sp³-hybridized carbons (Fsp3) is 0.929. The summed E-state index contributed by atoms with van der Waals surface area (Å²) in [5, 5.41) is 10.9. The highest BCUT2D eigenvalue weighted by molar-refractivity contribution is 5.74. The molecule has 0 aromatic heterocycles. The SMILES string of the molecule is CCCC(C(=O)OCC)C1(O)CCCC1(C)C. The quantitative estimate of drug-likeness (QED) is 0.754. The van der Waals surface area contributed by atoms with Gasteiger partial charge in [0.2, 0.25) is 0 Å². The Balaban J connectivity index is 2.93. The molecule has 1 N–H and O–H groups in total. The van der Waals surface area contributed by atoms with E-state index in [0.717, 1.165) is 19.3 Å². The number of hydrogen-bond acceptors (Lipinski definition) is 3. The minimum atomic E-state index is -0.894. The second kappa shape index (κ2) is 5.38. The van der Waals surface area contributed by atoms with E-state index in [-0.39, 0.29) is 17.3 Å². The van der Waals surface area contributed by atoms with E-state index < -0.39 is 5.60 Å². The largest absolute Gasteiger partial charge is 0.466 e. The van der Waals surface area contributed by atoms with Crippen molar-refractivity contribution in [2.24, 2.45) is 11.3 Å². The van der Waals surface area contributed by atoms with Crippen molar-refractivity contribution in [2.45, 2.75) is 65.4 Å². The normalized spacial score (nSPS) is 29.0. The highest BCUT2D eigenvalue weighted by Gasteiger charge is 2.54. The lowest BCUT2D eigenvalue weighted by molar-refractivity contribution is -0.168. The molecule has 1 aliphatic carbocycles. The van der Waals surface area contributed by atoms with Crippen LogP contribution >= 0.6 is 0 Å². The summed E-state index contributed by atoms with van der Waals surface area (Å²) in [5.74, 6) is -0.600. The second-order valence-corrected chi connectivity index (χ2v) is 5.76. The highest BCUT2D eigenvalue weighted by Crippen LogP contribution is 2.51. The summed E-state index contributed by atoms with van der Waals surface area (Å²) in [4.78, 5) is 12.0. The Kier molecular flexibility index (Phi) is 4.59. The second-order valence-electron chi connectivity index (χ2n) is 5.76. The van der Waals surface area contributed by atoms with Gasteiger partial charge in [-0.3, -0.25) is 4.79 Å². The van der Waals surface area contributed by atoms with Gasteiger partial charge in [-0.25, -0.2) is 0 Å². The van der Waals surface area contributed by atoms with Crippen LogP contribution in [-0.2, 0) is 9.53 Å². The molecule has 0 aromatic rings. The number of esters is 1.